The Morgan fingerprint density at radius 1 is 1.14 bits per heavy atom. The first-order chi connectivity index (χ1) is 10.2. The lowest BCUT2D eigenvalue weighted by Gasteiger charge is -2.41. The van der Waals surface area contributed by atoms with Crippen molar-refractivity contribution in [1.82, 2.24) is 0 Å². The van der Waals surface area contributed by atoms with Gasteiger partial charge in [0.05, 0.1) is 6.61 Å². The molecule has 0 aliphatic heterocycles. The highest BCUT2D eigenvalue weighted by atomic mass is 19.1. The topological polar surface area (TPSA) is 46.2 Å². The molecule has 0 radical (unpaired) electrons. The van der Waals surface area contributed by atoms with E-state index in [1.54, 1.807) is 6.07 Å². The first kappa shape index (κ1) is 14.2. The van der Waals surface area contributed by atoms with E-state index in [0.29, 0.717) is 6.54 Å². The number of aliphatic hydroxyl groups excluding tert-OH is 1. The van der Waals surface area contributed by atoms with Crippen molar-refractivity contribution in [3.05, 3.63) is 59.4 Å². The van der Waals surface area contributed by atoms with Crippen molar-refractivity contribution in [2.75, 3.05) is 6.54 Å². The second-order valence-electron chi connectivity index (χ2n) is 5.88. The molecule has 1 aliphatic rings. The van der Waals surface area contributed by atoms with Gasteiger partial charge in [0.15, 0.2) is 0 Å². The number of nitrogens with two attached hydrogens (primary N) is 1. The maximum absolute atomic E-state index is 13.5. The van der Waals surface area contributed by atoms with E-state index in [2.05, 4.69) is 12.1 Å². The first-order valence-electron chi connectivity index (χ1n) is 7.39. The molecule has 3 heteroatoms. The average Bonchev–Trinajstić information content (AvgIpc) is 2.47. The van der Waals surface area contributed by atoms with Gasteiger partial charge in [0.25, 0.3) is 0 Å². The van der Waals surface area contributed by atoms with Crippen LogP contribution in [0, 0.1) is 5.82 Å². The van der Waals surface area contributed by atoms with Gasteiger partial charge in [0.2, 0.25) is 0 Å². The summed E-state index contributed by atoms with van der Waals surface area (Å²) in [6.07, 6.45) is 3.44. The molecule has 2 nitrogen and oxygen atoms in total. The molecule has 1 saturated carbocycles. The Morgan fingerprint density at radius 2 is 1.95 bits per heavy atom. The highest BCUT2D eigenvalue weighted by Gasteiger charge is 2.37. The molecule has 1 fully saturated rings. The van der Waals surface area contributed by atoms with Crippen LogP contribution < -0.4 is 5.73 Å². The lowest BCUT2D eigenvalue weighted by Crippen LogP contribution is -2.41. The second kappa shape index (κ2) is 5.58. The van der Waals surface area contributed by atoms with Crippen LogP contribution in [0.5, 0.6) is 0 Å². The average molecular weight is 285 g/mol. The number of hydrogen-bond donors (Lipinski definition) is 2. The Kier molecular flexibility index (Phi) is 3.79. The van der Waals surface area contributed by atoms with Crippen molar-refractivity contribution < 1.29 is 9.50 Å². The molecule has 0 bridgehead atoms. The minimum Gasteiger partial charge on any atom is -0.392 e. The third-order valence-electron chi connectivity index (χ3n) is 4.73. The van der Waals surface area contributed by atoms with Crippen molar-refractivity contribution >= 4 is 0 Å². The monoisotopic (exact) mass is 285 g/mol. The molecule has 2 aromatic rings. The van der Waals surface area contributed by atoms with Gasteiger partial charge in [0.1, 0.15) is 5.82 Å². The highest BCUT2D eigenvalue weighted by Crippen LogP contribution is 2.43. The molecular weight excluding hydrogens is 265 g/mol. The Hall–Kier alpha value is -1.71. The Bertz CT molecular complexity index is 644. The molecule has 0 amide bonds. The van der Waals surface area contributed by atoms with Crippen molar-refractivity contribution in [1.29, 1.82) is 0 Å². The van der Waals surface area contributed by atoms with E-state index in [1.807, 2.05) is 12.1 Å². The molecule has 0 saturated heterocycles. The molecule has 0 aromatic heterocycles. The molecule has 0 heterocycles. The van der Waals surface area contributed by atoms with E-state index in [1.165, 1.54) is 24.1 Å². The predicted octanol–water partition coefficient (Wildman–Crippen LogP) is 3.37. The second-order valence-corrected chi connectivity index (χ2v) is 5.88. The van der Waals surface area contributed by atoms with Gasteiger partial charge in [-0.3, -0.25) is 0 Å². The van der Waals surface area contributed by atoms with E-state index < -0.39 is 0 Å². The van der Waals surface area contributed by atoms with Crippen LogP contribution in [0.3, 0.4) is 0 Å². The molecule has 0 atom stereocenters. The van der Waals surface area contributed by atoms with Gasteiger partial charge in [-0.05, 0) is 47.2 Å². The normalized spacial score (nSPS) is 16.5. The fourth-order valence-corrected chi connectivity index (χ4v) is 3.19. The maximum atomic E-state index is 13.5. The summed E-state index contributed by atoms with van der Waals surface area (Å²) in [5.41, 5.74) is 9.72. The van der Waals surface area contributed by atoms with Crippen LogP contribution in [0.25, 0.3) is 11.1 Å². The van der Waals surface area contributed by atoms with Gasteiger partial charge < -0.3 is 10.8 Å². The molecule has 110 valence electrons. The van der Waals surface area contributed by atoms with E-state index in [-0.39, 0.29) is 17.8 Å². The van der Waals surface area contributed by atoms with E-state index in [4.69, 9.17) is 5.73 Å². The van der Waals surface area contributed by atoms with Crippen molar-refractivity contribution in [2.45, 2.75) is 31.3 Å². The Morgan fingerprint density at radius 3 is 2.57 bits per heavy atom. The SMILES string of the molecule is NCC1(c2cccc(-c3cc(F)ccc3CO)c2)CCC1. The van der Waals surface area contributed by atoms with Crippen molar-refractivity contribution in [3.63, 3.8) is 0 Å². The summed E-state index contributed by atoms with van der Waals surface area (Å²) in [4.78, 5) is 0. The van der Waals surface area contributed by atoms with E-state index >= 15 is 0 Å². The molecular formula is C18H20FNO. The van der Waals surface area contributed by atoms with Crippen LogP contribution in [-0.4, -0.2) is 11.7 Å². The van der Waals surface area contributed by atoms with Crippen LogP contribution in [-0.2, 0) is 12.0 Å². The zero-order valence-corrected chi connectivity index (χ0v) is 12.0. The van der Waals surface area contributed by atoms with Crippen LogP contribution in [0.15, 0.2) is 42.5 Å². The molecule has 1 aliphatic carbocycles. The largest absolute Gasteiger partial charge is 0.392 e. The number of halogens is 1. The van der Waals surface area contributed by atoms with Crippen LogP contribution in [0.1, 0.15) is 30.4 Å². The number of rotatable bonds is 4. The standard InChI is InChI=1S/C18H20FNO/c19-16-6-5-14(11-21)17(10-16)13-3-1-4-15(9-13)18(12-20)7-2-8-18/h1,3-6,9-10,21H,2,7-8,11-12,20H2. The third kappa shape index (κ3) is 2.47. The molecule has 21 heavy (non-hydrogen) atoms. The molecule has 0 spiro atoms. The smallest absolute Gasteiger partial charge is 0.123 e. The fraction of sp³-hybridized carbons (Fsp3) is 0.333. The lowest BCUT2D eigenvalue weighted by molar-refractivity contribution is 0.253. The first-order valence-corrected chi connectivity index (χ1v) is 7.39. The van der Waals surface area contributed by atoms with Gasteiger partial charge in [-0.15, -0.1) is 0 Å². The zero-order valence-electron chi connectivity index (χ0n) is 12.0. The summed E-state index contributed by atoms with van der Waals surface area (Å²) in [6.45, 7) is 0.550. The van der Waals surface area contributed by atoms with E-state index in [9.17, 15) is 9.50 Å². The Balaban J connectivity index is 2.06. The minimum absolute atomic E-state index is 0.0860. The fourth-order valence-electron chi connectivity index (χ4n) is 3.19. The lowest BCUT2D eigenvalue weighted by atomic mass is 9.64. The van der Waals surface area contributed by atoms with Crippen molar-refractivity contribution in [3.8, 4) is 11.1 Å². The van der Waals surface area contributed by atoms with E-state index in [0.717, 1.165) is 29.5 Å². The molecule has 0 unspecified atom stereocenters. The van der Waals surface area contributed by atoms with Gasteiger partial charge >= 0.3 is 0 Å². The Labute approximate surface area is 124 Å². The summed E-state index contributed by atoms with van der Waals surface area (Å²) < 4.78 is 13.5. The summed E-state index contributed by atoms with van der Waals surface area (Å²) in [6, 6.07) is 12.7. The third-order valence-corrected chi connectivity index (χ3v) is 4.73. The number of benzene rings is 2. The summed E-state index contributed by atoms with van der Waals surface area (Å²) in [5.74, 6) is -0.287. The zero-order chi connectivity index (χ0) is 14.9. The van der Waals surface area contributed by atoms with Crippen molar-refractivity contribution in [2.24, 2.45) is 5.73 Å². The van der Waals surface area contributed by atoms with Gasteiger partial charge in [0, 0.05) is 12.0 Å². The summed E-state index contributed by atoms with van der Waals surface area (Å²) in [7, 11) is 0. The maximum Gasteiger partial charge on any atom is 0.123 e. The molecule has 2 aromatic carbocycles. The minimum atomic E-state index is -0.287. The van der Waals surface area contributed by atoms with Crippen LogP contribution >= 0.6 is 0 Å². The number of hydrogen-bond acceptors (Lipinski definition) is 2. The van der Waals surface area contributed by atoms with Gasteiger partial charge in [-0.2, -0.15) is 0 Å². The van der Waals surface area contributed by atoms with Crippen LogP contribution in [0.4, 0.5) is 4.39 Å². The number of aliphatic hydroxyl groups is 1. The van der Waals surface area contributed by atoms with Gasteiger partial charge in [-0.25, -0.2) is 4.39 Å². The molecule has 3 rings (SSSR count). The van der Waals surface area contributed by atoms with Gasteiger partial charge in [-0.1, -0.05) is 36.8 Å². The van der Waals surface area contributed by atoms with Crippen LogP contribution in [0.2, 0.25) is 0 Å². The molecule has 3 N–H and O–H groups in total. The predicted molar refractivity (Wildman–Crippen MR) is 82.3 cm³/mol. The summed E-state index contributed by atoms with van der Waals surface area (Å²) >= 11 is 0. The summed E-state index contributed by atoms with van der Waals surface area (Å²) in [5, 5.41) is 9.46. The highest BCUT2D eigenvalue weighted by molar-refractivity contribution is 5.68. The quantitative estimate of drug-likeness (QED) is 0.904.